The molecule has 0 aliphatic carbocycles. The molecule has 1 aromatic carbocycles. The van der Waals surface area contributed by atoms with Gasteiger partial charge in [-0.2, -0.15) is 0 Å². The minimum absolute atomic E-state index is 0.313. The van der Waals surface area contributed by atoms with E-state index in [4.69, 9.17) is 11.5 Å². The van der Waals surface area contributed by atoms with Crippen LogP contribution in [0.25, 0.3) is 0 Å². The van der Waals surface area contributed by atoms with Gasteiger partial charge in [-0.25, -0.2) is 0 Å². The van der Waals surface area contributed by atoms with Gasteiger partial charge < -0.3 is 11.5 Å². The summed E-state index contributed by atoms with van der Waals surface area (Å²) in [6.45, 7) is 1.76. The predicted molar refractivity (Wildman–Crippen MR) is 53.3 cm³/mol. The Hall–Kier alpha value is -1.16. The standard InChI is InChI=1S/C8H10N2OS/c1-4-6(8(11)12)2-5(9)3-7(4)10/h2-3H,9-10H2,1H3,(H,11,12). The zero-order valence-electron chi connectivity index (χ0n) is 6.66. The summed E-state index contributed by atoms with van der Waals surface area (Å²) < 4.78 is 0. The highest BCUT2D eigenvalue weighted by Crippen LogP contribution is 2.21. The number of nitrogens with two attached hydrogens (primary N) is 2. The van der Waals surface area contributed by atoms with Crippen molar-refractivity contribution in [3.05, 3.63) is 23.3 Å². The SMILES string of the molecule is Cc1c(N)cc(N)cc1C(=O)S. The van der Waals surface area contributed by atoms with E-state index >= 15 is 0 Å². The second-order valence-electron chi connectivity index (χ2n) is 2.59. The number of hydrogen-bond donors (Lipinski definition) is 3. The highest BCUT2D eigenvalue weighted by atomic mass is 32.1. The molecule has 0 aliphatic rings. The Morgan fingerprint density at radius 3 is 2.50 bits per heavy atom. The molecule has 0 fully saturated rings. The van der Waals surface area contributed by atoms with Crippen LogP contribution >= 0.6 is 12.6 Å². The molecule has 0 heterocycles. The van der Waals surface area contributed by atoms with Crippen LogP contribution in [-0.4, -0.2) is 5.12 Å². The van der Waals surface area contributed by atoms with Crippen molar-refractivity contribution in [1.29, 1.82) is 0 Å². The number of benzene rings is 1. The molecule has 0 radical (unpaired) electrons. The largest absolute Gasteiger partial charge is 0.399 e. The van der Waals surface area contributed by atoms with Gasteiger partial charge in [0, 0.05) is 16.9 Å². The molecule has 0 bridgehead atoms. The van der Waals surface area contributed by atoms with E-state index < -0.39 is 0 Å². The van der Waals surface area contributed by atoms with E-state index in [0.717, 1.165) is 5.56 Å². The molecule has 4 N–H and O–H groups in total. The number of carbonyl (C=O) groups excluding carboxylic acids is 1. The van der Waals surface area contributed by atoms with Crippen LogP contribution in [-0.2, 0) is 0 Å². The number of hydrogen-bond acceptors (Lipinski definition) is 3. The number of carbonyl (C=O) groups is 1. The second-order valence-corrected chi connectivity index (χ2v) is 2.99. The molecule has 0 saturated heterocycles. The summed E-state index contributed by atoms with van der Waals surface area (Å²) in [6, 6.07) is 3.19. The van der Waals surface area contributed by atoms with E-state index in [1.54, 1.807) is 19.1 Å². The molecule has 1 aromatic rings. The number of anilines is 2. The van der Waals surface area contributed by atoms with Gasteiger partial charge in [0.05, 0.1) is 0 Å². The molecule has 0 spiro atoms. The quantitative estimate of drug-likeness (QED) is 0.452. The van der Waals surface area contributed by atoms with Gasteiger partial charge in [-0.1, -0.05) is 0 Å². The van der Waals surface area contributed by atoms with Crippen LogP contribution in [0.2, 0.25) is 0 Å². The maximum absolute atomic E-state index is 10.9. The number of rotatable bonds is 1. The molecule has 0 aromatic heterocycles. The maximum Gasteiger partial charge on any atom is 0.216 e. The molecule has 12 heavy (non-hydrogen) atoms. The molecule has 0 atom stereocenters. The third-order valence-electron chi connectivity index (χ3n) is 1.70. The van der Waals surface area contributed by atoms with Gasteiger partial charge in [0.1, 0.15) is 0 Å². The minimum atomic E-state index is -0.313. The van der Waals surface area contributed by atoms with Crippen LogP contribution in [0, 0.1) is 6.92 Å². The fraction of sp³-hybridized carbons (Fsp3) is 0.125. The average molecular weight is 182 g/mol. The molecule has 64 valence electrons. The van der Waals surface area contributed by atoms with Gasteiger partial charge in [0.15, 0.2) is 0 Å². The maximum atomic E-state index is 10.9. The monoisotopic (exact) mass is 182 g/mol. The van der Waals surface area contributed by atoms with Gasteiger partial charge in [0.2, 0.25) is 5.12 Å². The van der Waals surface area contributed by atoms with Gasteiger partial charge >= 0.3 is 0 Å². The number of thiol groups is 1. The molecular weight excluding hydrogens is 172 g/mol. The van der Waals surface area contributed by atoms with Crippen LogP contribution in [0.1, 0.15) is 15.9 Å². The first kappa shape index (κ1) is 8.93. The molecule has 3 nitrogen and oxygen atoms in total. The van der Waals surface area contributed by atoms with Gasteiger partial charge in [-0.05, 0) is 24.6 Å². The second kappa shape index (κ2) is 3.06. The summed E-state index contributed by atoms with van der Waals surface area (Å²) in [6.07, 6.45) is 0. The van der Waals surface area contributed by atoms with Crippen molar-refractivity contribution in [3.63, 3.8) is 0 Å². The summed E-state index contributed by atoms with van der Waals surface area (Å²) in [4.78, 5) is 10.9. The molecule has 4 heteroatoms. The number of nitrogen functional groups attached to an aromatic ring is 2. The lowest BCUT2D eigenvalue weighted by Gasteiger charge is -2.05. The summed E-state index contributed by atoms with van der Waals surface area (Å²) in [7, 11) is 0. The Morgan fingerprint density at radius 2 is 2.00 bits per heavy atom. The molecule has 0 saturated carbocycles. The van der Waals surface area contributed by atoms with E-state index in [1.165, 1.54) is 0 Å². The van der Waals surface area contributed by atoms with Crippen molar-refractivity contribution < 1.29 is 4.79 Å². The Bertz CT molecular complexity index is 336. The molecule has 0 aliphatic heterocycles. The highest BCUT2D eigenvalue weighted by Gasteiger charge is 2.07. The van der Waals surface area contributed by atoms with Crippen LogP contribution in [0.5, 0.6) is 0 Å². The van der Waals surface area contributed by atoms with Crippen LogP contribution < -0.4 is 11.5 Å². The predicted octanol–water partition coefficient (Wildman–Crippen LogP) is 1.23. The summed E-state index contributed by atoms with van der Waals surface area (Å²) >= 11 is 3.70. The van der Waals surface area contributed by atoms with Crippen molar-refractivity contribution in [2.75, 3.05) is 11.5 Å². The highest BCUT2D eigenvalue weighted by molar-refractivity contribution is 7.97. The van der Waals surface area contributed by atoms with Crippen molar-refractivity contribution in [1.82, 2.24) is 0 Å². The third-order valence-corrected chi connectivity index (χ3v) is 1.94. The zero-order valence-corrected chi connectivity index (χ0v) is 7.56. The minimum Gasteiger partial charge on any atom is -0.399 e. The topological polar surface area (TPSA) is 69.1 Å². The smallest absolute Gasteiger partial charge is 0.216 e. The summed E-state index contributed by atoms with van der Waals surface area (Å²) in [5.74, 6) is 0. The first-order chi connectivity index (χ1) is 5.52. The molecule has 0 unspecified atom stereocenters. The molecular formula is C8H10N2OS. The van der Waals surface area contributed by atoms with Crippen LogP contribution in [0.4, 0.5) is 11.4 Å². The first-order valence-corrected chi connectivity index (χ1v) is 3.86. The summed E-state index contributed by atoms with van der Waals surface area (Å²) in [5.41, 5.74) is 13.3. The van der Waals surface area contributed by atoms with Crippen molar-refractivity contribution in [3.8, 4) is 0 Å². The van der Waals surface area contributed by atoms with Crippen molar-refractivity contribution >= 4 is 29.1 Å². The molecule has 1 rings (SSSR count). The Kier molecular flexibility index (Phi) is 2.28. The average Bonchev–Trinajstić information content (AvgIpc) is 1.96. The lowest BCUT2D eigenvalue weighted by Crippen LogP contribution is -2.01. The molecule has 0 amide bonds. The fourth-order valence-corrected chi connectivity index (χ4v) is 1.21. The normalized spacial score (nSPS) is 9.83. The van der Waals surface area contributed by atoms with E-state index in [1.807, 2.05) is 0 Å². The Balaban J connectivity index is 3.37. The Labute approximate surface area is 76.2 Å². The first-order valence-electron chi connectivity index (χ1n) is 3.41. The van der Waals surface area contributed by atoms with Crippen LogP contribution in [0.15, 0.2) is 12.1 Å². The lowest BCUT2D eigenvalue weighted by atomic mass is 10.1. The van der Waals surface area contributed by atoms with Crippen molar-refractivity contribution in [2.24, 2.45) is 0 Å². The van der Waals surface area contributed by atoms with E-state index in [-0.39, 0.29) is 5.12 Å². The van der Waals surface area contributed by atoms with E-state index in [0.29, 0.717) is 16.9 Å². The fourth-order valence-electron chi connectivity index (χ4n) is 0.982. The Morgan fingerprint density at radius 1 is 1.42 bits per heavy atom. The van der Waals surface area contributed by atoms with Crippen molar-refractivity contribution in [2.45, 2.75) is 6.92 Å². The zero-order chi connectivity index (χ0) is 9.30. The van der Waals surface area contributed by atoms with Gasteiger partial charge in [-0.15, -0.1) is 12.6 Å². The van der Waals surface area contributed by atoms with Crippen LogP contribution in [0.3, 0.4) is 0 Å². The van der Waals surface area contributed by atoms with E-state index in [2.05, 4.69) is 12.6 Å². The summed E-state index contributed by atoms with van der Waals surface area (Å²) in [5, 5.41) is -0.313. The lowest BCUT2D eigenvalue weighted by molar-refractivity contribution is 0.109. The van der Waals surface area contributed by atoms with E-state index in [9.17, 15) is 4.79 Å². The van der Waals surface area contributed by atoms with Gasteiger partial charge in [-0.3, -0.25) is 4.79 Å². The van der Waals surface area contributed by atoms with Gasteiger partial charge in [0.25, 0.3) is 0 Å². The third kappa shape index (κ3) is 1.53.